The Balaban J connectivity index is 1.93. The molecule has 3 aromatic heterocycles. The van der Waals surface area contributed by atoms with E-state index in [1.165, 1.54) is 40.7 Å². The third-order valence-electron chi connectivity index (χ3n) is 6.50. The summed E-state index contributed by atoms with van der Waals surface area (Å²) in [6.07, 6.45) is 5.63. The highest BCUT2D eigenvalue weighted by atomic mass is 16.5. The number of ether oxygens (including phenoxy) is 1. The van der Waals surface area contributed by atoms with Crippen LogP contribution in [0.3, 0.4) is 0 Å². The summed E-state index contributed by atoms with van der Waals surface area (Å²) >= 11 is 0. The third kappa shape index (κ3) is 4.01. The molecule has 3 heterocycles. The van der Waals surface area contributed by atoms with E-state index in [4.69, 9.17) is 20.4 Å². The molecule has 0 amide bonds. The second kappa shape index (κ2) is 8.71. The molecule has 1 aliphatic rings. The summed E-state index contributed by atoms with van der Waals surface area (Å²) in [6.45, 7) is 12.1. The van der Waals surface area contributed by atoms with Crippen molar-refractivity contribution in [3.05, 3.63) is 46.4 Å². The predicted molar refractivity (Wildman–Crippen MR) is 128 cm³/mol. The number of hydrogen-bond donors (Lipinski definition) is 1. The molecule has 1 atom stereocenters. The van der Waals surface area contributed by atoms with Crippen molar-refractivity contribution < 1.29 is 4.74 Å². The monoisotopic (exact) mass is 420 g/mol. The van der Waals surface area contributed by atoms with Gasteiger partial charge in [-0.15, -0.1) is 0 Å². The first-order chi connectivity index (χ1) is 14.9. The fourth-order valence-electron chi connectivity index (χ4n) is 4.69. The zero-order chi connectivity index (χ0) is 22.3. The van der Waals surface area contributed by atoms with Crippen LogP contribution in [0.15, 0.2) is 18.3 Å². The Morgan fingerprint density at radius 3 is 2.52 bits per heavy atom. The highest BCUT2D eigenvalue weighted by Crippen LogP contribution is 2.45. The van der Waals surface area contributed by atoms with Crippen LogP contribution in [-0.2, 0) is 17.7 Å². The van der Waals surface area contributed by atoms with E-state index >= 15 is 0 Å². The zero-order valence-corrected chi connectivity index (χ0v) is 19.8. The Bertz CT molecular complexity index is 1090. The van der Waals surface area contributed by atoms with Crippen LogP contribution in [0.2, 0.25) is 0 Å². The normalized spacial score (nSPS) is 15.2. The van der Waals surface area contributed by atoms with Gasteiger partial charge in [0.05, 0.1) is 35.1 Å². The second-order valence-corrected chi connectivity index (χ2v) is 9.33. The number of rotatable bonds is 8. The van der Waals surface area contributed by atoms with Crippen molar-refractivity contribution in [2.24, 2.45) is 5.73 Å². The van der Waals surface area contributed by atoms with Crippen molar-refractivity contribution in [1.29, 1.82) is 0 Å². The van der Waals surface area contributed by atoms with Gasteiger partial charge in [-0.25, -0.2) is 4.98 Å². The summed E-state index contributed by atoms with van der Waals surface area (Å²) in [4.78, 5) is 10.3. The lowest BCUT2D eigenvalue weighted by atomic mass is 9.94. The lowest BCUT2D eigenvalue weighted by molar-refractivity contribution is 0.164. The smallest absolute Gasteiger partial charge is 0.0917 e. The molecule has 31 heavy (non-hydrogen) atoms. The molecule has 1 aliphatic carbocycles. The maximum atomic E-state index is 6.20. The van der Waals surface area contributed by atoms with Gasteiger partial charge in [-0.05, 0) is 73.8 Å². The molecular weight excluding hydrogens is 384 g/mol. The van der Waals surface area contributed by atoms with E-state index in [1.807, 2.05) is 0 Å². The molecule has 3 aromatic rings. The largest absolute Gasteiger partial charge is 0.383 e. The fourth-order valence-corrected chi connectivity index (χ4v) is 4.69. The van der Waals surface area contributed by atoms with Gasteiger partial charge in [0.15, 0.2) is 0 Å². The average molecular weight is 421 g/mol. The van der Waals surface area contributed by atoms with Gasteiger partial charge in [-0.3, -0.25) is 4.98 Å². The van der Waals surface area contributed by atoms with Crippen LogP contribution in [0.25, 0.3) is 22.3 Å². The summed E-state index contributed by atoms with van der Waals surface area (Å²) < 4.78 is 7.70. The van der Waals surface area contributed by atoms with Crippen LogP contribution < -0.4 is 5.73 Å². The number of aryl methyl sites for hydroxylation is 2. The summed E-state index contributed by atoms with van der Waals surface area (Å²) in [5, 5.41) is 0. The van der Waals surface area contributed by atoms with E-state index in [9.17, 15) is 0 Å². The standard InChI is InChI=1S/C26H36N4O/c1-7-18-10-23-25(16(4)13-30(23)17(5)14-31-6)29-26(18)21-11-20(19-8-9-19)24(15(2)3)28-22(21)12-27/h10-11,13,15,17,19H,7-9,12,14,27H2,1-6H3/t17-/m1/s1. The molecule has 166 valence electrons. The van der Waals surface area contributed by atoms with Gasteiger partial charge in [0.2, 0.25) is 0 Å². The lowest BCUT2D eigenvalue weighted by Gasteiger charge is -2.19. The Labute approximate surface area is 186 Å². The number of aromatic nitrogens is 3. The van der Waals surface area contributed by atoms with E-state index in [-0.39, 0.29) is 6.04 Å². The molecule has 0 spiro atoms. The molecule has 0 aliphatic heterocycles. The molecule has 0 bridgehead atoms. The third-order valence-corrected chi connectivity index (χ3v) is 6.50. The highest BCUT2D eigenvalue weighted by molar-refractivity contribution is 5.85. The molecule has 0 aromatic carbocycles. The first-order valence-electron chi connectivity index (χ1n) is 11.6. The number of pyridine rings is 2. The SMILES string of the molecule is CCc1cc2c(nc1-c1cc(C3CC3)c(C(C)C)nc1CN)c(C)cn2[C@H](C)COC. The molecule has 1 saturated carbocycles. The van der Waals surface area contributed by atoms with Crippen LogP contribution in [0, 0.1) is 6.92 Å². The van der Waals surface area contributed by atoms with Gasteiger partial charge < -0.3 is 15.0 Å². The number of nitrogens with zero attached hydrogens (tertiary/aromatic N) is 3. The van der Waals surface area contributed by atoms with E-state index in [0.29, 0.717) is 25.0 Å². The number of methoxy groups -OCH3 is 1. The first-order valence-corrected chi connectivity index (χ1v) is 11.6. The summed E-state index contributed by atoms with van der Waals surface area (Å²) in [6, 6.07) is 4.92. The van der Waals surface area contributed by atoms with Crippen molar-refractivity contribution in [1.82, 2.24) is 14.5 Å². The van der Waals surface area contributed by atoms with Gasteiger partial charge in [-0.1, -0.05) is 20.8 Å². The fraction of sp³-hybridized carbons (Fsp3) is 0.538. The second-order valence-electron chi connectivity index (χ2n) is 9.33. The molecule has 0 radical (unpaired) electrons. The number of hydrogen-bond acceptors (Lipinski definition) is 4. The van der Waals surface area contributed by atoms with E-state index in [2.05, 4.69) is 57.5 Å². The molecule has 5 heteroatoms. The molecule has 1 fully saturated rings. The molecule has 0 saturated heterocycles. The first kappa shape index (κ1) is 22.0. The van der Waals surface area contributed by atoms with Crippen molar-refractivity contribution in [3.63, 3.8) is 0 Å². The van der Waals surface area contributed by atoms with E-state index in [1.54, 1.807) is 7.11 Å². The lowest BCUT2D eigenvalue weighted by Crippen LogP contribution is -2.11. The number of fused-ring (bicyclic) bond motifs is 1. The Morgan fingerprint density at radius 2 is 1.94 bits per heavy atom. The van der Waals surface area contributed by atoms with Gasteiger partial charge in [0.1, 0.15) is 0 Å². The average Bonchev–Trinajstić information content (AvgIpc) is 3.56. The summed E-state index contributed by atoms with van der Waals surface area (Å²) in [5.41, 5.74) is 16.6. The van der Waals surface area contributed by atoms with Crippen LogP contribution in [0.4, 0.5) is 0 Å². The quantitative estimate of drug-likeness (QED) is 0.512. The minimum absolute atomic E-state index is 0.256. The molecular formula is C26H36N4O. The predicted octanol–water partition coefficient (Wildman–Crippen LogP) is 5.64. The van der Waals surface area contributed by atoms with Gasteiger partial charge in [-0.2, -0.15) is 0 Å². The highest BCUT2D eigenvalue weighted by Gasteiger charge is 2.29. The molecule has 2 N–H and O–H groups in total. The van der Waals surface area contributed by atoms with Crippen molar-refractivity contribution in [2.75, 3.05) is 13.7 Å². The molecule has 0 unspecified atom stereocenters. The van der Waals surface area contributed by atoms with Crippen LogP contribution in [0.1, 0.15) is 86.5 Å². The van der Waals surface area contributed by atoms with E-state index in [0.717, 1.165) is 28.9 Å². The van der Waals surface area contributed by atoms with Gasteiger partial charge in [0.25, 0.3) is 0 Å². The summed E-state index contributed by atoms with van der Waals surface area (Å²) in [7, 11) is 1.75. The Hall–Kier alpha value is -2.24. The van der Waals surface area contributed by atoms with Crippen molar-refractivity contribution in [2.45, 2.75) is 78.3 Å². The Morgan fingerprint density at radius 1 is 1.19 bits per heavy atom. The minimum atomic E-state index is 0.256. The Kier molecular flexibility index (Phi) is 6.18. The zero-order valence-electron chi connectivity index (χ0n) is 19.8. The maximum absolute atomic E-state index is 6.20. The van der Waals surface area contributed by atoms with Crippen LogP contribution in [0.5, 0.6) is 0 Å². The maximum Gasteiger partial charge on any atom is 0.0917 e. The van der Waals surface area contributed by atoms with Crippen LogP contribution >= 0.6 is 0 Å². The van der Waals surface area contributed by atoms with Crippen LogP contribution in [-0.4, -0.2) is 28.3 Å². The van der Waals surface area contributed by atoms with Crippen molar-refractivity contribution >= 4 is 11.0 Å². The summed E-state index contributed by atoms with van der Waals surface area (Å²) in [5.74, 6) is 1.04. The van der Waals surface area contributed by atoms with Gasteiger partial charge >= 0.3 is 0 Å². The minimum Gasteiger partial charge on any atom is -0.383 e. The molecule has 5 nitrogen and oxygen atoms in total. The van der Waals surface area contributed by atoms with Gasteiger partial charge in [0, 0.05) is 31.1 Å². The van der Waals surface area contributed by atoms with Crippen molar-refractivity contribution in [3.8, 4) is 11.3 Å². The number of nitrogens with two attached hydrogens (primary N) is 1. The van der Waals surface area contributed by atoms with E-state index < -0.39 is 0 Å². The topological polar surface area (TPSA) is 66.0 Å². The molecule has 4 rings (SSSR count).